The van der Waals surface area contributed by atoms with Crippen molar-refractivity contribution in [2.24, 2.45) is 0 Å². The Balaban J connectivity index is 1.22. The number of fused-ring (bicyclic) bond motifs is 3. The van der Waals surface area contributed by atoms with Crippen LogP contribution in [0.1, 0.15) is 54.3 Å². The first-order valence-corrected chi connectivity index (χ1v) is 18.1. The van der Waals surface area contributed by atoms with Crippen LogP contribution in [0.25, 0.3) is 38.6 Å². The highest BCUT2D eigenvalue weighted by atomic mass is 15.1. The summed E-state index contributed by atoms with van der Waals surface area (Å²) in [5, 5.41) is 2.26. The molecule has 0 bridgehead atoms. The summed E-state index contributed by atoms with van der Waals surface area (Å²) in [4.78, 5) is 2.16. The zero-order valence-corrected chi connectivity index (χ0v) is 28.9. The van der Waals surface area contributed by atoms with E-state index in [1.807, 2.05) is 18.2 Å². The summed E-state index contributed by atoms with van der Waals surface area (Å²) < 4.78 is 37.6. The maximum absolute atomic E-state index is 9.26. The van der Waals surface area contributed by atoms with E-state index in [4.69, 9.17) is 2.74 Å². The average Bonchev–Trinajstić information content (AvgIpc) is 3.55. The zero-order chi connectivity index (χ0) is 37.7. The lowest BCUT2D eigenvalue weighted by atomic mass is 9.65. The number of rotatable bonds is 7. The molecule has 0 amide bonds. The second-order valence-electron chi connectivity index (χ2n) is 13.8. The molecule has 1 fully saturated rings. The predicted octanol–water partition coefficient (Wildman–Crippen LogP) is 13.5. The van der Waals surface area contributed by atoms with E-state index in [0.717, 1.165) is 51.7 Å². The molecular weight excluding hydrogens is 617 g/mol. The van der Waals surface area contributed by atoms with Crippen molar-refractivity contribution in [3.8, 4) is 16.8 Å². The van der Waals surface area contributed by atoms with Crippen molar-refractivity contribution in [2.45, 2.75) is 44.4 Å². The van der Waals surface area contributed by atoms with Gasteiger partial charge in [-0.15, -0.1) is 0 Å². The van der Waals surface area contributed by atoms with Crippen LogP contribution in [-0.2, 0) is 5.41 Å². The Hall–Kier alpha value is -5.86. The predicted molar refractivity (Wildman–Crippen MR) is 216 cm³/mol. The highest BCUT2D eigenvalue weighted by Gasteiger charge is 2.35. The molecule has 0 unspecified atom stereocenters. The van der Waals surface area contributed by atoms with Crippen molar-refractivity contribution in [1.29, 1.82) is 0 Å². The molecule has 0 spiro atoms. The van der Waals surface area contributed by atoms with Gasteiger partial charge in [0.15, 0.2) is 0 Å². The minimum Gasteiger partial charge on any atom is -0.310 e. The number of nitrogens with zero attached hydrogens (tertiary/aromatic N) is 2. The molecule has 51 heavy (non-hydrogen) atoms. The van der Waals surface area contributed by atoms with Gasteiger partial charge in [0.2, 0.25) is 0 Å². The van der Waals surface area contributed by atoms with Gasteiger partial charge in [0, 0.05) is 38.9 Å². The third kappa shape index (κ3) is 5.62. The molecular formula is C49H42N2. The summed E-state index contributed by atoms with van der Waals surface area (Å²) in [7, 11) is 0. The first-order chi connectivity index (χ1) is 26.8. The maximum Gasteiger partial charge on any atom is 0.0630 e. The number of anilines is 3. The van der Waals surface area contributed by atoms with Crippen molar-refractivity contribution >= 4 is 38.9 Å². The normalized spacial score (nSPS) is 15.2. The molecule has 1 aliphatic carbocycles. The quantitative estimate of drug-likeness (QED) is 0.165. The lowest BCUT2D eigenvalue weighted by molar-refractivity contribution is 0.346. The third-order valence-electron chi connectivity index (χ3n) is 10.8. The average molecular weight is 663 g/mol. The molecule has 1 aromatic heterocycles. The second kappa shape index (κ2) is 13.1. The summed E-state index contributed by atoms with van der Waals surface area (Å²) >= 11 is 0. The maximum atomic E-state index is 9.26. The van der Waals surface area contributed by atoms with Crippen LogP contribution in [0.4, 0.5) is 17.1 Å². The van der Waals surface area contributed by atoms with E-state index in [1.54, 1.807) is 19.1 Å². The van der Waals surface area contributed by atoms with Gasteiger partial charge < -0.3 is 9.47 Å². The van der Waals surface area contributed by atoms with Gasteiger partial charge in [-0.25, -0.2) is 0 Å². The van der Waals surface area contributed by atoms with Crippen LogP contribution in [0.5, 0.6) is 0 Å². The standard InChI is InChI=1S/C49H42N2/c1-36-19-21-37(22-20-36)38-23-27-42(28-24-38)50(43-29-25-40(26-30-43)49(33-11-4-12-34-49)39-13-5-2-6-14-39)44-31-32-48-46(35-44)45-17-9-10-18-47(45)51(48)41-15-7-3-8-16-41/h2-3,5-10,13-32,35H,4,11-12,33-34H2,1H3/i19D,20D,23D,24D. The monoisotopic (exact) mass is 662 g/mol. The van der Waals surface area contributed by atoms with Crippen LogP contribution in [-0.4, -0.2) is 4.57 Å². The first kappa shape index (κ1) is 26.9. The summed E-state index contributed by atoms with van der Waals surface area (Å²) in [5.41, 5.74) is 10.1. The van der Waals surface area contributed by atoms with E-state index in [-0.39, 0.29) is 29.6 Å². The highest BCUT2D eigenvalue weighted by molar-refractivity contribution is 6.10. The highest BCUT2D eigenvalue weighted by Crippen LogP contribution is 2.46. The number of benzene rings is 7. The Morgan fingerprint density at radius 3 is 1.82 bits per heavy atom. The molecule has 2 nitrogen and oxygen atoms in total. The first-order valence-electron chi connectivity index (χ1n) is 20.1. The largest absolute Gasteiger partial charge is 0.310 e. The minimum absolute atomic E-state index is 0.0349. The molecule has 0 N–H and O–H groups in total. The topological polar surface area (TPSA) is 8.17 Å². The Bertz CT molecular complexity index is 2630. The summed E-state index contributed by atoms with van der Waals surface area (Å²) in [5.74, 6) is 0. The van der Waals surface area contributed by atoms with Gasteiger partial charge in [0.05, 0.1) is 16.5 Å². The molecule has 0 atom stereocenters. The lowest BCUT2D eigenvalue weighted by Gasteiger charge is -2.39. The van der Waals surface area contributed by atoms with E-state index in [9.17, 15) is 2.74 Å². The molecule has 248 valence electrons. The van der Waals surface area contributed by atoms with Gasteiger partial charge in [0.25, 0.3) is 0 Å². The van der Waals surface area contributed by atoms with E-state index < -0.39 is 0 Å². The SMILES string of the molecule is [2H]c1cc(-c2c([2H])cc(N(c3ccc(C4(c5ccccc5)CCCCC4)cc3)c3ccc4c(c3)c3ccccc3n4-c3ccccc3)cc2[2H])cc([2H])c1C. The fraction of sp³-hybridized carbons (Fsp3) is 0.143. The number of aromatic nitrogens is 1. The van der Waals surface area contributed by atoms with Crippen molar-refractivity contribution in [2.75, 3.05) is 4.90 Å². The minimum atomic E-state index is -0.0349. The molecule has 2 heteroatoms. The van der Waals surface area contributed by atoms with Gasteiger partial charge in [-0.2, -0.15) is 0 Å². The van der Waals surface area contributed by atoms with Gasteiger partial charge in [0.1, 0.15) is 0 Å². The molecule has 7 aromatic carbocycles. The van der Waals surface area contributed by atoms with E-state index in [1.165, 1.54) is 30.4 Å². The van der Waals surface area contributed by atoms with Gasteiger partial charge in [-0.05, 0) is 103 Å². The molecule has 1 aliphatic rings. The van der Waals surface area contributed by atoms with Crippen LogP contribution in [0.15, 0.2) is 176 Å². The van der Waals surface area contributed by atoms with Gasteiger partial charge in [-0.3, -0.25) is 0 Å². The number of hydrogen-bond donors (Lipinski definition) is 0. The fourth-order valence-electron chi connectivity index (χ4n) is 8.26. The van der Waals surface area contributed by atoms with Crippen LogP contribution in [0.3, 0.4) is 0 Å². The summed E-state index contributed by atoms with van der Waals surface area (Å²) in [6, 6.07) is 53.2. The molecule has 1 heterocycles. The second-order valence-corrected chi connectivity index (χ2v) is 13.8. The fourth-order valence-corrected chi connectivity index (χ4v) is 8.26. The van der Waals surface area contributed by atoms with E-state index >= 15 is 0 Å². The number of hydrogen-bond acceptors (Lipinski definition) is 1. The zero-order valence-electron chi connectivity index (χ0n) is 32.9. The van der Waals surface area contributed by atoms with Crippen LogP contribution < -0.4 is 4.90 Å². The molecule has 8 aromatic rings. The van der Waals surface area contributed by atoms with Crippen LogP contribution >= 0.6 is 0 Å². The summed E-state index contributed by atoms with van der Waals surface area (Å²) in [6.45, 7) is 1.76. The van der Waals surface area contributed by atoms with Gasteiger partial charge in [-0.1, -0.05) is 140 Å². The molecule has 9 rings (SSSR count). The van der Waals surface area contributed by atoms with Crippen molar-refractivity contribution < 1.29 is 5.48 Å². The molecule has 0 radical (unpaired) electrons. The number of para-hydroxylation sites is 2. The Morgan fingerprint density at radius 2 is 1.10 bits per heavy atom. The van der Waals surface area contributed by atoms with E-state index in [0.29, 0.717) is 22.4 Å². The van der Waals surface area contributed by atoms with Crippen molar-refractivity contribution in [1.82, 2.24) is 4.57 Å². The van der Waals surface area contributed by atoms with E-state index in [2.05, 4.69) is 131 Å². The summed E-state index contributed by atoms with van der Waals surface area (Å²) in [6.07, 6.45) is 5.91. The lowest BCUT2D eigenvalue weighted by Crippen LogP contribution is -2.30. The Labute approximate surface area is 306 Å². The third-order valence-corrected chi connectivity index (χ3v) is 10.8. The Kier molecular flexibility index (Phi) is 6.93. The molecule has 1 saturated carbocycles. The van der Waals surface area contributed by atoms with Crippen LogP contribution in [0.2, 0.25) is 0 Å². The Morgan fingerprint density at radius 1 is 0.510 bits per heavy atom. The smallest absolute Gasteiger partial charge is 0.0630 e. The van der Waals surface area contributed by atoms with Gasteiger partial charge >= 0.3 is 0 Å². The molecule has 0 aliphatic heterocycles. The molecule has 0 saturated heterocycles. The van der Waals surface area contributed by atoms with Crippen LogP contribution in [0, 0.1) is 6.92 Å². The van der Waals surface area contributed by atoms with Crippen molar-refractivity contribution in [3.63, 3.8) is 0 Å². The van der Waals surface area contributed by atoms with Crippen molar-refractivity contribution in [3.05, 3.63) is 193 Å².